The number of ether oxygens (including phenoxy) is 4. The van der Waals surface area contributed by atoms with Gasteiger partial charge in [-0.05, 0) is 60.2 Å². The number of fused-ring (bicyclic) bond motifs is 1. The monoisotopic (exact) mass is 510 g/mol. The Kier molecular flexibility index (Phi) is 6.89. The molecule has 9 heteroatoms. The minimum atomic E-state index is -0.813. The van der Waals surface area contributed by atoms with E-state index in [0.29, 0.717) is 28.4 Å². The van der Waals surface area contributed by atoms with Crippen molar-refractivity contribution in [1.82, 2.24) is 5.43 Å². The Morgan fingerprint density at radius 1 is 1.06 bits per heavy atom. The summed E-state index contributed by atoms with van der Waals surface area (Å²) >= 11 is 3.33. The molecule has 8 nitrogen and oxygen atoms in total. The Morgan fingerprint density at radius 2 is 1.82 bits per heavy atom. The van der Waals surface area contributed by atoms with Crippen LogP contribution in [0.25, 0.3) is 0 Å². The number of benzene rings is 3. The van der Waals surface area contributed by atoms with Crippen molar-refractivity contribution in [2.24, 2.45) is 5.10 Å². The maximum atomic E-state index is 12.4. The summed E-state index contributed by atoms with van der Waals surface area (Å²) in [5.41, 5.74) is 3.47. The molecule has 0 aromatic heterocycles. The van der Waals surface area contributed by atoms with Gasteiger partial charge in [0.25, 0.3) is 5.91 Å². The fourth-order valence-corrected chi connectivity index (χ4v) is 3.25. The molecule has 4 rings (SSSR count). The fraction of sp³-hybridized carbons (Fsp3) is 0.125. The van der Waals surface area contributed by atoms with Crippen molar-refractivity contribution in [2.45, 2.75) is 6.10 Å². The van der Waals surface area contributed by atoms with E-state index in [-0.39, 0.29) is 12.4 Å². The topological polar surface area (TPSA) is 95.5 Å². The predicted molar refractivity (Wildman–Crippen MR) is 124 cm³/mol. The first-order valence-electron chi connectivity index (χ1n) is 9.90. The maximum Gasteiger partial charge on any atom is 0.343 e. The third-order valence-corrected chi connectivity index (χ3v) is 5.19. The van der Waals surface area contributed by atoms with Gasteiger partial charge in [0.05, 0.1) is 18.9 Å². The second-order valence-electron chi connectivity index (χ2n) is 6.91. The van der Waals surface area contributed by atoms with E-state index in [2.05, 4.69) is 26.5 Å². The smallest absolute Gasteiger partial charge is 0.343 e. The zero-order chi connectivity index (χ0) is 23.2. The summed E-state index contributed by atoms with van der Waals surface area (Å²) in [5, 5.41) is 3.97. The molecule has 1 N–H and O–H groups in total. The molecule has 33 heavy (non-hydrogen) atoms. The lowest BCUT2D eigenvalue weighted by atomic mass is 10.2. The Bertz CT molecular complexity index is 1200. The number of para-hydroxylation sites is 2. The molecule has 1 unspecified atom stereocenters. The zero-order valence-corrected chi connectivity index (χ0v) is 19.1. The lowest BCUT2D eigenvalue weighted by molar-refractivity contribution is -0.130. The number of hydrogen-bond acceptors (Lipinski definition) is 7. The minimum absolute atomic E-state index is 0.0879. The zero-order valence-electron chi connectivity index (χ0n) is 17.5. The summed E-state index contributed by atoms with van der Waals surface area (Å²) in [6, 6.07) is 18.9. The molecule has 1 heterocycles. The summed E-state index contributed by atoms with van der Waals surface area (Å²) in [5.74, 6) is 0.761. The maximum absolute atomic E-state index is 12.4. The van der Waals surface area contributed by atoms with Crippen molar-refractivity contribution in [3.8, 4) is 23.0 Å². The molecule has 1 amide bonds. The first-order valence-corrected chi connectivity index (χ1v) is 10.7. The second kappa shape index (κ2) is 10.2. The molecule has 3 aromatic rings. The van der Waals surface area contributed by atoms with E-state index < -0.39 is 18.0 Å². The average molecular weight is 511 g/mol. The van der Waals surface area contributed by atoms with E-state index in [9.17, 15) is 9.59 Å². The van der Waals surface area contributed by atoms with Gasteiger partial charge in [-0.1, -0.05) is 28.1 Å². The molecular weight excluding hydrogens is 492 g/mol. The molecule has 0 saturated heterocycles. The first kappa shape index (κ1) is 22.3. The average Bonchev–Trinajstić information content (AvgIpc) is 2.84. The Morgan fingerprint density at radius 3 is 2.58 bits per heavy atom. The number of nitrogens with zero attached hydrogens (tertiary/aromatic N) is 1. The molecule has 1 atom stereocenters. The van der Waals surface area contributed by atoms with E-state index in [4.69, 9.17) is 18.9 Å². The second-order valence-corrected chi connectivity index (χ2v) is 7.82. The molecule has 0 bridgehead atoms. The van der Waals surface area contributed by atoms with E-state index in [1.807, 2.05) is 6.07 Å². The van der Waals surface area contributed by atoms with Crippen LogP contribution < -0.4 is 24.4 Å². The van der Waals surface area contributed by atoms with Gasteiger partial charge in [0.2, 0.25) is 6.10 Å². The number of rotatable bonds is 6. The van der Waals surface area contributed by atoms with Crippen molar-refractivity contribution >= 4 is 34.0 Å². The van der Waals surface area contributed by atoms with Crippen molar-refractivity contribution in [3.63, 3.8) is 0 Å². The number of carbonyl (C=O) groups is 2. The van der Waals surface area contributed by atoms with E-state index in [1.54, 1.807) is 60.7 Å². The first-order chi connectivity index (χ1) is 16.0. The van der Waals surface area contributed by atoms with Gasteiger partial charge in [-0.3, -0.25) is 4.79 Å². The van der Waals surface area contributed by atoms with Crippen LogP contribution in [0.2, 0.25) is 0 Å². The number of methoxy groups -OCH3 is 1. The van der Waals surface area contributed by atoms with Crippen molar-refractivity contribution in [1.29, 1.82) is 0 Å². The molecule has 0 aliphatic carbocycles. The van der Waals surface area contributed by atoms with Gasteiger partial charge in [-0.25, -0.2) is 10.2 Å². The highest BCUT2D eigenvalue weighted by atomic mass is 79.9. The lowest BCUT2D eigenvalue weighted by Gasteiger charge is -2.24. The fourth-order valence-electron chi connectivity index (χ4n) is 2.98. The van der Waals surface area contributed by atoms with Crippen molar-refractivity contribution in [3.05, 3.63) is 82.3 Å². The molecule has 1 aliphatic rings. The van der Waals surface area contributed by atoms with Crippen LogP contribution in [0.1, 0.15) is 15.9 Å². The lowest BCUT2D eigenvalue weighted by Crippen LogP contribution is -2.42. The van der Waals surface area contributed by atoms with Crippen LogP contribution in [0.5, 0.6) is 23.0 Å². The molecule has 0 fully saturated rings. The molecule has 1 aliphatic heterocycles. The van der Waals surface area contributed by atoms with Gasteiger partial charge in [0.1, 0.15) is 6.61 Å². The highest BCUT2D eigenvalue weighted by molar-refractivity contribution is 9.10. The molecule has 0 radical (unpaired) electrons. The third kappa shape index (κ3) is 5.50. The van der Waals surface area contributed by atoms with Crippen LogP contribution in [-0.4, -0.2) is 37.9 Å². The minimum Gasteiger partial charge on any atom is -0.493 e. The van der Waals surface area contributed by atoms with Crippen molar-refractivity contribution < 1.29 is 28.5 Å². The summed E-state index contributed by atoms with van der Waals surface area (Å²) in [7, 11) is 1.47. The summed E-state index contributed by atoms with van der Waals surface area (Å²) in [6.45, 7) is 0.0879. The Hall–Kier alpha value is -3.85. The van der Waals surface area contributed by atoms with Gasteiger partial charge in [-0.15, -0.1) is 0 Å². The number of carbonyl (C=O) groups excluding carboxylic acids is 2. The number of hydrogen-bond donors (Lipinski definition) is 1. The van der Waals surface area contributed by atoms with E-state index >= 15 is 0 Å². The van der Waals surface area contributed by atoms with Gasteiger partial charge in [0.15, 0.2) is 23.0 Å². The molecular formula is C24H19BrN2O6. The highest BCUT2D eigenvalue weighted by Crippen LogP contribution is 2.31. The van der Waals surface area contributed by atoms with Crippen LogP contribution in [0, 0.1) is 0 Å². The predicted octanol–water partition coefficient (Wildman–Crippen LogP) is 3.97. The SMILES string of the molecule is COc1cc(C=NNC(=O)C2COc3ccccc3O2)ccc1OC(=O)c1ccc(Br)cc1. The van der Waals surface area contributed by atoms with Crippen LogP contribution in [0.15, 0.2) is 76.3 Å². The number of esters is 1. The number of nitrogens with one attached hydrogen (secondary N) is 1. The van der Waals surface area contributed by atoms with Gasteiger partial charge in [-0.2, -0.15) is 5.10 Å². The number of halogens is 1. The van der Waals surface area contributed by atoms with Gasteiger partial charge >= 0.3 is 5.97 Å². The summed E-state index contributed by atoms with van der Waals surface area (Å²) in [6.07, 6.45) is 0.630. The largest absolute Gasteiger partial charge is 0.493 e. The Balaban J connectivity index is 1.37. The molecule has 0 saturated carbocycles. The summed E-state index contributed by atoms with van der Waals surface area (Å²) < 4.78 is 22.8. The van der Waals surface area contributed by atoms with Crippen LogP contribution in [0.4, 0.5) is 0 Å². The van der Waals surface area contributed by atoms with Gasteiger partial charge < -0.3 is 18.9 Å². The number of hydrazone groups is 1. The van der Waals surface area contributed by atoms with E-state index in [1.165, 1.54) is 13.3 Å². The molecule has 3 aromatic carbocycles. The molecule has 0 spiro atoms. The van der Waals surface area contributed by atoms with Crippen LogP contribution in [-0.2, 0) is 4.79 Å². The Labute approximate surface area is 198 Å². The highest BCUT2D eigenvalue weighted by Gasteiger charge is 2.27. The van der Waals surface area contributed by atoms with Gasteiger partial charge in [0, 0.05) is 4.47 Å². The van der Waals surface area contributed by atoms with Crippen LogP contribution in [0.3, 0.4) is 0 Å². The summed E-state index contributed by atoms with van der Waals surface area (Å²) in [4.78, 5) is 24.7. The third-order valence-electron chi connectivity index (χ3n) is 4.66. The normalized spacial score (nSPS) is 14.5. The van der Waals surface area contributed by atoms with E-state index in [0.717, 1.165) is 4.47 Å². The standard InChI is InChI=1S/C24H19BrN2O6/c1-30-21-12-15(6-11-20(21)33-24(29)16-7-9-17(25)10-8-16)13-26-27-23(28)22-14-31-18-4-2-3-5-19(18)32-22/h2-13,22H,14H2,1H3,(H,27,28). The number of amides is 1. The van der Waals surface area contributed by atoms with Crippen LogP contribution >= 0.6 is 15.9 Å². The quantitative estimate of drug-likeness (QED) is 0.233. The molecule has 168 valence electrons. The van der Waals surface area contributed by atoms with Crippen molar-refractivity contribution in [2.75, 3.05) is 13.7 Å².